The third-order valence-corrected chi connectivity index (χ3v) is 2.89. The molecule has 1 aromatic carbocycles. The lowest BCUT2D eigenvalue weighted by Gasteiger charge is -2.15. The Labute approximate surface area is 97.2 Å². The minimum atomic E-state index is 0.606. The van der Waals surface area contributed by atoms with Crippen LogP contribution >= 0.6 is 0 Å². The second-order valence-electron chi connectivity index (χ2n) is 4.10. The maximum atomic E-state index is 5.57. The average molecular weight is 220 g/mol. The molecule has 0 unspecified atom stereocenters. The molecule has 0 bridgehead atoms. The zero-order valence-corrected chi connectivity index (χ0v) is 9.83. The van der Waals surface area contributed by atoms with E-state index in [9.17, 15) is 0 Å². The highest BCUT2D eigenvalue weighted by Crippen LogP contribution is 2.23. The normalized spacial score (nSPS) is 19.7. The average Bonchev–Trinajstić information content (AvgIpc) is 2.81. The zero-order valence-electron chi connectivity index (χ0n) is 9.83. The molecule has 1 saturated heterocycles. The Balaban J connectivity index is 1.91. The highest BCUT2D eigenvalue weighted by atomic mass is 16.5. The van der Waals surface area contributed by atoms with Crippen LogP contribution in [0.4, 0.5) is 5.69 Å². The lowest BCUT2D eigenvalue weighted by molar-refractivity contribution is 0.341. The summed E-state index contributed by atoms with van der Waals surface area (Å²) < 4.78 is 5.57. The van der Waals surface area contributed by atoms with Crippen LogP contribution in [0.3, 0.4) is 0 Å². The van der Waals surface area contributed by atoms with E-state index in [0.29, 0.717) is 12.6 Å². The topological polar surface area (TPSA) is 33.3 Å². The molecule has 88 valence electrons. The molecule has 1 atom stereocenters. The minimum absolute atomic E-state index is 0.606. The summed E-state index contributed by atoms with van der Waals surface area (Å²) >= 11 is 0. The van der Waals surface area contributed by atoms with E-state index in [1.165, 1.54) is 12.8 Å². The summed E-state index contributed by atoms with van der Waals surface area (Å²) in [6.45, 7) is 4.85. The van der Waals surface area contributed by atoms with Gasteiger partial charge >= 0.3 is 0 Å². The number of hydrogen-bond acceptors (Lipinski definition) is 3. The number of anilines is 1. The van der Waals surface area contributed by atoms with Crippen LogP contribution in [0.25, 0.3) is 0 Å². The van der Waals surface area contributed by atoms with Crippen molar-refractivity contribution in [3.63, 3.8) is 0 Å². The van der Waals surface area contributed by atoms with Crippen LogP contribution in [0.5, 0.6) is 5.75 Å². The van der Waals surface area contributed by atoms with E-state index in [4.69, 9.17) is 4.74 Å². The highest BCUT2D eigenvalue weighted by Gasteiger charge is 2.13. The molecule has 0 amide bonds. The van der Waals surface area contributed by atoms with Crippen LogP contribution in [-0.4, -0.2) is 25.7 Å². The van der Waals surface area contributed by atoms with Crippen molar-refractivity contribution < 1.29 is 4.74 Å². The Morgan fingerprint density at radius 1 is 1.44 bits per heavy atom. The predicted octanol–water partition coefficient (Wildman–Crippen LogP) is 2.25. The first-order valence-electron chi connectivity index (χ1n) is 6.09. The van der Waals surface area contributed by atoms with Gasteiger partial charge in [-0.1, -0.05) is 12.1 Å². The predicted molar refractivity (Wildman–Crippen MR) is 67.1 cm³/mol. The Bertz CT molecular complexity index is 321. The van der Waals surface area contributed by atoms with Crippen LogP contribution in [0.2, 0.25) is 0 Å². The molecule has 16 heavy (non-hydrogen) atoms. The Hall–Kier alpha value is -1.22. The van der Waals surface area contributed by atoms with Gasteiger partial charge in [-0.2, -0.15) is 0 Å². The van der Waals surface area contributed by atoms with Crippen LogP contribution < -0.4 is 15.4 Å². The Morgan fingerprint density at radius 3 is 3.06 bits per heavy atom. The van der Waals surface area contributed by atoms with Crippen molar-refractivity contribution >= 4 is 5.69 Å². The van der Waals surface area contributed by atoms with Gasteiger partial charge < -0.3 is 15.4 Å². The fraction of sp³-hybridized carbons (Fsp3) is 0.538. The number of ether oxygens (including phenoxy) is 1. The molecule has 3 heteroatoms. The van der Waals surface area contributed by atoms with E-state index >= 15 is 0 Å². The molecule has 0 aromatic heterocycles. The second-order valence-corrected chi connectivity index (χ2v) is 4.10. The van der Waals surface area contributed by atoms with E-state index in [1.54, 1.807) is 0 Å². The summed E-state index contributed by atoms with van der Waals surface area (Å²) in [5.74, 6) is 0.947. The molecule has 0 spiro atoms. The van der Waals surface area contributed by atoms with E-state index in [1.807, 2.05) is 25.1 Å². The number of para-hydroxylation sites is 2. The molecule has 3 nitrogen and oxygen atoms in total. The molecular formula is C13H20N2O. The summed E-state index contributed by atoms with van der Waals surface area (Å²) in [6, 6.07) is 8.72. The van der Waals surface area contributed by atoms with Crippen molar-refractivity contribution in [2.24, 2.45) is 0 Å². The standard InChI is InChI=1S/C13H20N2O/c1-2-16-13-8-4-3-7-12(13)15-10-11-6-5-9-14-11/h3-4,7-8,11,14-15H,2,5-6,9-10H2,1H3/t11-/m1/s1. The molecular weight excluding hydrogens is 200 g/mol. The summed E-state index contributed by atoms with van der Waals surface area (Å²) in [5, 5.41) is 6.93. The summed E-state index contributed by atoms with van der Waals surface area (Å²) in [7, 11) is 0. The molecule has 1 fully saturated rings. The second kappa shape index (κ2) is 5.75. The summed E-state index contributed by atoms with van der Waals surface area (Å²) in [4.78, 5) is 0. The van der Waals surface area contributed by atoms with E-state index in [2.05, 4.69) is 16.7 Å². The van der Waals surface area contributed by atoms with Crippen LogP contribution in [-0.2, 0) is 0 Å². The number of rotatable bonds is 5. The molecule has 0 aliphatic carbocycles. The smallest absolute Gasteiger partial charge is 0.142 e. The molecule has 1 aromatic rings. The molecule has 0 radical (unpaired) electrons. The first kappa shape index (κ1) is 11.3. The van der Waals surface area contributed by atoms with Gasteiger partial charge in [0, 0.05) is 12.6 Å². The maximum Gasteiger partial charge on any atom is 0.142 e. The highest BCUT2D eigenvalue weighted by molar-refractivity contribution is 5.56. The van der Waals surface area contributed by atoms with E-state index in [0.717, 1.165) is 24.5 Å². The number of nitrogens with one attached hydrogen (secondary N) is 2. The van der Waals surface area contributed by atoms with Gasteiger partial charge in [-0.05, 0) is 38.4 Å². The van der Waals surface area contributed by atoms with Crippen molar-refractivity contribution in [3.8, 4) is 5.75 Å². The van der Waals surface area contributed by atoms with E-state index in [-0.39, 0.29) is 0 Å². The fourth-order valence-electron chi connectivity index (χ4n) is 2.06. The first-order valence-corrected chi connectivity index (χ1v) is 6.09. The van der Waals surface area contributed by atoms with Crippen molar-refractivity contribution in [1.82, 2.24) is 5.32 Å². The van der Waals surface area contributed by atoms with Crippen molar-refractivity contribution in [3.05, 3.63) is 24.3 Å². The molecule has 1 aliphatic rings. The van der Waals surface area contributed by atoms with Crippen LogP contribution in [0.15, 0.2) is 24.3 Å². The number of hydrogen-bond donors (Lipinski definition) is 2. The van der Waals surface area contributed by atoms with Crippen LogP contribution in [0.1, 0.15) is 19.8 Å². The Morgan fingerprint density at radius 2 is 2.31 bits per heavy atom. The molecule has 2 rings (SSSR count). The minimum Gasteiger partial charge on any atom is -0.492 e. The van der Waals surface area contributed by atoms with Gasteiger partial charge in [-0.15, -0.1) is 0 Å². The van der Waals surface area contributed by atoms with Gasteiger partial charge in [0.25, 0.3) is 0 Å². The maximum absolute atomic E-state index is 5.57. The molecule has 1 aliphatic heterocycles. The van der Waals surface area contributed by atoms with Gasteiger partial charge in [0.2, 0.25) is 0 Å². The van der Waals surface area contributed by atoms with Crippen LogP contribution in [0, 0.1) is 0 Å². The summed E-state index contributed by atoms with van der Waals surface area (Å²) in [6.07, 6.45) is 2.56. The molecule has 2 N–H and O–H groups in total. The molecule has 0 saturated carbocycles. The van der Waals surface area contributed by atoms with E-state index < -0.39 is 0 Å². The van der Waals surface area contributed by atoms with Gasteiger partial charge in [0.1, 0.15) is 5.75 Å². The van der Waals surface area contributed by atoms with Crippen molar-refractivity contribution in [1.29, 1.82) is 0 Å². The number of benzene rings is 1. The van der Waals surface area contributed by atoms with Gasteiger partial charge in [0.05, 0.1) is 12.3 Å². The first-order chi connectivity index (χ1) is 7.90. The quantitative estimate of drug-likeness (QED) is 0.798. The third-order valence-electron chi connectivity index (χ3n) is 2.89. The zero-order chi connectivity index (χ0) is 11.2. The van der Waals surface area contributed by atoms with Gasteiger partial charge in [0.15, 0.2) is 0 Å². The molecule has 1 heterocycles. The van der Waals surface area contributed by atoms with Gasteiger partial charge in [-0.3, -0.25) is 0 Å². The lowest BCUT2D eigenvalue weighted by Crippen LogP contribution is -2.29. The summed E-state index contributed by atoms with van der Waals surface area (Å²) in [5.41, 5.74) is 1.10. The SMILES string of the molecule is CCOc1ccccc1NC[C@H]1CCCN1. The lowest BCUT2D eigenvalue weighted by atomic mass is 10.2. The third kappa shape index (κ3) is 2.89. The monoisotopic (exact) mass is 220 g/mol. The largest absolute Gasteiger partial charge is 0.492 e. The Kier molecular flexibility index (Phi) is 4.05. The van der Waals surface area contributed by atoms with Crippen molar-refractivity contribution in [2.45, 2.75) is 25.8 Å². The van der Waals surface area contributed by atoms with Crippen molar-refractivity contribution in [2.75, 3.05) is 25.0 Å². The van der Waals surface area contributed by atoms with Gasteiger partial charge in [-0.25, -0.2) is 0 Å². The fourth-order valence-corrected chi connectivity index (χ4v) is 2.06.